The third kappa shape index (κ3) is 6.58. The van der Waals surface area contributed by atoms with Crippen LogP contribution in [0.4, 0.5) is 0 Å². The molecule has 1 atom stereocenters. The molecule has 3 fully saturated rings. The number of hydrogen-bond donors (Lipinski definition) is 2. The standard InChI is InChI=1S/C39H40Cl2N8O4/c1-23(50)48-21-39(22-48)19-47(20-39)18-33-45-49-17-25(14-32(49)38(52)46(33)2)27-6-4-7-28(35(27)40)29-8-5-9-30(36(29)41)31-12-10-24(37(44-31)53-3)15-42-16-26-11-13-34(51)43-26/h4-10,12,14,17,26,42H,11,13,15-16,18-22H2,1-3H3,(H,43,51)/t26-/m1/s1. The molecule has 3 aromatic heterocycles. The number of pyridine rings is 1. The molecule has 2 aromatic carbocycles. The number of aromatic nitrogens is 4. The van der Waals surface area contributed by atoms with E-state index in [9.17, 15) is 14.4 Å². The summed E-state index contributed by atoms with van der Waals surface area (Å²) in [4.78, 5) is 45.7. The highest BCUT2D eigenvalue weighted by Crippen LogP contribution is 2.43. The van der Waals surface area contributed by atoms with E-state index in [-0.39, 0.29) is 28.8 Å². The Kier molecular flexibility index (Phi) is 9.26. The van der Waals surface area contributed by atoms with Gasteiger partial charge in [-0.3, -0.25) is 23.9 Å². The number of rotatable bonds is 10. The predicted molar refractivity (Wildman–Crippen MR) is 204 cm³/mol. The minimum absolute atomic E-state index is 0.0927. The molecule has 14 heteroatoms. The molecule has 8 rings (SSSR count). The highest BCUT2D eigenvalue weighted by molar-refractivity contribution is 6.39. The van der Waals surface area contributed by atoms with Gasteiger partial charge in [-0.2, -0.15) is 5.10 Å². The molecule has 2 amide bonds. The van der Waals surface area contributed by atoms with Gasteiger partial charge in [0.25, 0.3) is 5.56 Å². The summed E-state index contributed by atoms with van der Waals surface area (Å²) in [6.07, 6.45) is 3.23. The molecular formula is C39H40Cl2N8O4. The topological polar surface area (TPSA) is 126 Å². The van der Waals surface area contributed by atoms with Crippen molar-refractivity contribution in [2.45, 2.75) is 38.9 Å². The lowest BCUT2D eigenvalue weighted by Gasteiger charge is -2.60. The fourth-order valence-electron chi connectivity index (χ4n) is 7.90. The molecule has 0 bridgehead atoms. The van der Waals surface area contributed by atoms with Crippen molar-refractivity contribution in [2.75, 3.05) is 39.8 Å². The smallest absolute Gasteiger partial charge is 0.277 e. The average molecular weight is 756 g/mol. The molecule has 6 heterocycles. The summed E-state index contributed by atoms with van der Waals surface area (Å²) in [7, 11) is 3.35. The average Bonchev–Trinajstić information content (AvgIpc) is 3.73. The Morgan fingerprint density at radius 3 is 2.38 bits per heavy atom. The van der Waals surface area contributed by atoms with Crippen LogP contribution < -0.4 is 20.9 Å². The Hall–Kier alpha value is -4.75. The Morgan fingerprint density at radius 2 is 1.70 bits per heavy atom. The van der Waals surface area contributed by atoms with Crippen molar-refractivity contribution >= 4 is 40.5 Å². The number of likely N-dealkylation sites (tertiary alicyclic amines) is 2. The molecule has 0 radical (unpaired) electrons. The first kappa shape index (κ1) is 35.3. The number of fused-ring (bicyclic) bond motifs is 1. The first-order chi connectivity index (χ1) is 25.5. The number of methoxy groups -OCH3 is 1. The van der Waals surface area contributed by atoms with Gasteiger partial charge in [0.05, 0.1) is 29.4 Å². The van der Waals surface area contributed by atoms with Crippen molar-refractivity contribution < 1.29 is 14.3 Å². The van der Waals surface area contributed by atoms with Crippen LogP contribution in [0.5, 0.6) is 5.88 Å². The van der Waals surface area contributed by atoms with E-state index in [1.165, 1.54) is 0 Å². The van der Waals surface area contributed by atoms with Crippen LogP contribution in [0.1, 0.15) is 31.2 Å². The lowest BCUT2D eigenvalue weighted by molar-refractivity contribution is -0.157. The fourth-order valence-corrected chi connectivity index (χ4v) is 8.56. The number of hydrogen-bond acceptors (Lipinski definition) is 8. The molecule has 0 saturated carbocycles. The number of benzene rings is 2. The summed E-state index contributed by atoms with van der Waals surface area (Å²) >= 11 is 14.3. The van der Waals surface area contributed by atoms with Crippen LogP contribution in [0.25, 0.3) is 39.0 Å². The van der Waals surface area contributed by atoms with Crippen LogP contribution in [-0.2, 0) is 29.7 Å². The van der Waals surface area contributed by atoms with Crippen LogP contribution in [0.2, 0.25) is 10.0 Å². The summed E-state index contributed by atoms with van der Waals surface area (Å²) in [5.74, 6) is 1.37. The summed E-state index contributed by atoms with van der Waals surface area (Å²) in [5.41, 5.74) is 5.75. The second-order valence-electron chi connectivity index (χ2n) is 14.5. The molecule has 3 aliphatic rings. The van der Waals surface area contributed by atoms with E-state index in [0.717, 1.165) is 66.0 Å². The number of halogens is 2. The molecule has 1 spiro atoms. The molecule has 5 aromatic rings. The van der Waals surface area contributed by atoms with E-state index >= 15 is 0 Å². The quantitative estimate of drug-likeness (QED) is 0.209. The Balaban J connectivity index is 1.02. The summed E-state index contributed by atoms with van der Waals surface area (Å²) in [6, 6.07) is 17.4. The normalized spacial score (nSPS) is 17.9. The minimum Gasteiger partial charge on any atom is -0.481 e. The van der Waals surface area contributed by atoms with Crippen molar-refractivity contribution in [3.8, 4) is 39.4 Å². The Morgan fingerprint density at radius 1 is 1.00 bits per heavy atom. The largest absolute Gasteiger partial charge is 0.481 e. The highest BCUT2D eigenvalue weighted by Gasteiger charge is 2.52. The maximum Gasteiger partial charge on any atom is 0.277 e. The number of nitrogens with zero attached hydrogens (tertiary/aromatic N) is 6. The monoisotopic (exact) mass is 754 g/mol. The van der Waals surface area contributed by atoms with E-state index in [1.54, 1.807) is 30.2 Å². The van der Waals surface area contributed by atoms with Gasteiger partial charge in [-0.15, -0.1) is 0 Å². The molecule has 274 valence electrons. The van der Waals surface area contributed by atoms with Gasteiger partial charge < -0.3 is 20.3 Å². The maximum atomic E-state index is 13.5. The number of ether oxygens (including phenoxy) is 1. The third-order valence-electron chi connectivity index (χ3n) is 10.7. The SMILES string of the molecule is COc1nc(-c2cccc(-c3cccc(-c4cc5c(=O)n(C)c(CN6CC7(C6)CN(C(C)=O)C7)nn5c4)c3Cl)c2Cl)ccc1CNC[C@H]1CCC(=O)N1. The molecule has 12 nitrogen and oxygen atoms in total. The molecule has 2 N–H and O–H groups in total. The first-order valence-electron chi connectivity index (χ1n) is 17.7. The number of amides is 2. The highest BCUT2D eigenvalue weighted by atomic mass is 35.5. The Labute approximate surface area is 316 Å². The Bertz CT molecular complexity index is 2320. The van der Waals surface area contributed by atoms with Crippen LogP contribution in [-0.4, -0.2) is 86.7 Å². The van der Waals surface area contributed by atoms with Crippen molar-refractivity contribution in [1.29, 1.82) is 0 Å². The maximum absolute atomic E-state index is 13.5. The van der Waals surface area contributed by atoms with Crippen molar-refractivity contribution in [1.82, 2.24) is 39.6 Å². The van der Waals surface area contributed by atoms with Gasteiger partial charge in [0, 0.05) is 111 Å². The molecule has 3 aliphatic heterocycles. The van der Waals surface area contributed by atoms with E-state index in [4.69, 9.17) is 38.0 Å². The van der Waals surface area contributed by atoms with E-state index < -0.39 is 0 Å². The van der Waals surface area contributed by atoms with Gasteiger partial charge in [0.2, 0.25) is 17.7 Å². The van der Waals surface area contributed by atoms with Crippen molar-refractivity contribution in [3.63, 3.8) is 0 Å². The lowest BCUT2D eigenvalue weighted by atomic mass is 9.73. The predicted octanol–water partition coefficient (Wildman–Crippen LogP) is 4.78. The van der Waals surface area contributed by atoms with Gasteiger partial charge in [-0.1, -0.05) is 65.7 Å². The van der Waals surface area contributed by atoms with Gasteiger partial charge >= 0.3 is 0 Å². The zero-order valence-electron chi connectivity index (χ0n) is 29.8. The second-order valence-corrected chi connectivity index (χ2v) is 15.2. The summed E-state index contributed by atoms with van der Waals surface area (Å²) in [5, 5.41) is 12.2. The van der Waals surface area contributed by atoms with Gasteiger partial charge in [-0.05, 0) is 18.6 Å². The van der Waals surface area contributed by atoms with Crippen LogP contribution in [0.3, 0.4) is 0 Å². The third-order valence-corrected chi connectivity index (χ3v) is 11.5. The van der Waals surface area contributed by atoms with Gasteiger partial charge in [0.15, 0.2) is 0 Å². The molecule has 0 aliphatic carbocycles. The minimum atomic E-state index is -0.141. The van der Waals surface area contributed by atoms with E-state index in [2.05, 4.69) is 15.5 Å². The van der Waals surface area contributed by atoms with Gasteiger partial charge in [-0.25, -0.2) is 9.50 Å². The number of carbonyl (C=O) groups is 2. The van der Waals surface area contributed by atoms with E-state index in [0.29, 0.717) is 59.0 Å². The zero-order chi connectivity index (χ0) is 37.0. The summed E-state index contributed by atoms with van der Waals surface area (Å²) in [6.45, 7) is 6.71. The van der Waals surface area contributed by atoms with Crippen molar-refractivity contribution in [2.24, 2.45) is 12.5 Å². The fraction of sp³-hybridized carbons (Fsp3) is 0.359. The second kappa shape index (κ2) is 13.9. The van der Waals surface area contributed by atoms with E-state index in [1.807, 2.05) is 65.7 Å². The summed E-state index contributed by atoms with van der Waals surface area (Å²) < 4.78 is 8.91. The van der Waals surface area contributed by atoms with Crippen LogP contribution >= 0.6 is 23.2 Å². The van der Waals surface area contributed by atoms with Crippen LogP contribution in [0, 0.1) is 5.41 Å². The first-order valence-corrected chi connectivity index (χ1v) is 18.5. The van der Waals surface area contributed by atoms with Crippen molar-refractivity contribution in [3.05, 3.63) is 92.6 Å². The molecule has 3 saturated heterocycles. The number of nitrogens with one attached hydrogen (secondary N) is 2. The zero-order valence-corrected chi connectivity index (χ0v) is 31.3. The lowest BCUT2D eigenvalue weighted by Crippen LogP contribution is -2.72. The van der Waals surface area contributed by atoms with Gasteiger partial charge in [0.1, 0.15) is 11.3 Å². The molecule has 0 unspecified atom stereocenters. The molecular weight excluding hydrogens is 715 g/mol. The molecule has 53 heavy (non-hydrogen) atoms. The van der Waals surface area contributed by atoms with Crippen LogP contribution in [0.15, 0.2) is 65.6 Å². The number of carbonyl (C=O) groups excluding carboxylic acids is 2.